The highest BCUT2D eigenvalue weighted by atomic mass is 15.0. The Bertz CT molecular complexity index is 349. The van der Waals surface area contributed by atoms with Crippen LogP contribution < -0.4 is 11.1 Å². The summed E-state index contributed by atoms with van der Waals surface area (Å²) >= 11 is 0. The number of piperidine rings is 1. The molecule has 15 heavy (non-hydrogen) atoms. The first-order valence-electron chi connectivity index (χ1n) is 5.84. The fraction of sp³-hybridized carbons (Fsp3) is 0.538. The van der Waals surface area contributed by atoms with Gasteiger partial charge in [-0.1, -0.05) is 30.3 Å². The number of nitrogens with two attached hydrogens (primary N) is 1. The maximum absolute atomic E-state index is 5.97. The van der Waals surface area contributed by atoms with E-state index in [0.29, 0.717) is 11.3 Å². The van der Waals surface area contributed by atoms with E-state index >= 15 is 0 Å². The SMILES string of the molecule is NC[C@@]12CNCC[C@@H]1[C@H]2c1ccccc1. The topological polar surface area (TPSA) is 38.0 Å². The summed E-state index contributed by atoms with van der Waals surface area (Å²) in [4.78, 5) is 0. The lowest BCUT2D eigenvalue weighted by Gasteiger charge is -2.21. The van der Waals surface area contributed by atoms with Crippen LogP contribution >= 0.6 is 0 Å². The zero-order valence-corrected chi connectivity index (χ0v) is 8.95. The molecule has 1 saturated carbocycles. The summed E-state index contributed by atoms with van der Waals surface area (Å²) < 4.78 is 0. The molecular formula is C13H18N2. The van der Waals surface area contributed by atoms with Crippen LogP contribution in [-0.4, -0.2) is 19.6 Å². The highest BCUT2D eigenvalue weighted by Gasteiger charge is 2.64. The molecule has 0 radical (unpaired) electrons. The lowest BCUT2D eigenvalue weighted by atomic mass is 9.97. The van der Waals surface area contributed by atoms with Gasteiger partial charge in [-0.2, -0.15) is 0 Å². The molecule has 1 aromatic carbocycles. The first kappa shape index (κ1) is 9.37. The van der Waals surface area contributed by atoms with Gasteiger partial charge in [0.15, 0.2) is 0 Å². The molecule has 1 aliphatic carbocycles. The molecule has 0 unspecified atom stereocenters. The molecule has 2 nitrogen and oxygen atoms in total. The van der Waals surface area contributed by atoms with Crippen LogP contribution in [0.1, 0.15) is 17.9 Å². The second-order valence-electron chi connectivity index (χ2n) is 4.90. The predicted molar refractivity (Wildman–Crippen MR) is 61.6 cm³/mol. The van der Waals surface area contributed by atoms with Crippen LogP contribution in [-0.2, 0) is 0 Å². The van der Waals surface area contributed by atoms with E-state index in [9.17, 15) is 0 Å². The van der Waals surface area contributed by atoms with Crippen molar-refractivity contribution in [3.05, 3.63) is 35.9 Å². The summed E-state index contributed by atoms with van der Waals surface area (Å²) in [7, 11) is 0. The summed E-state index contributed by atoms with van der Waals surface area (Å²) in [6.07, 6.45) is 1.29. The molecule has 0 bridgehead atoms. The lowest BCUT2D eigenvalue weighted by molar-refractivity contribution is 0.363. The van der Waals surface area contributed by atoms with E-state index in [2.05, 4.69) is 35.6 Å². The lowest BCUT2D eigenvalue weighted by Crippen LogP contribution is -2.36. The molecule has 2 aliphatic rings. The summed E-state index contributed by atoms with van der Waals surface area (Å²) in [6, 6.07) is 10.9. The van der Waals surface area contributed by atoms with Crippen LogP contribution in [0.3, 0.4) is 0 Å². The van der Waals surface area contributed by atoms with Crippen molar-refractivity contribution in [3.63, 3.8) is 0 Å². The average Bonchev–Trinajstić information content (AvgIpc) is 3.00. The molecule has 2 fully saturated rings. The molecule has 3 rings (SSSR count). The van der Waals surface area contributed by atoms with E-state index in [1.54, 1.807) is 0 Å². The Kier molecular flexibility index (Phi) is 2.08. The normalized spacial score (nSPS) is 38.5. The third kappa shape index (κ3) is 1.25. The van der Waals surface area contributed by atoms with E-state index in [1.807, 2.05) is 0 Å². The van der Waals surface area contributed by atoms with Gasteiger partial charge in [0.1, 0.15) is 0 Å². The van der Waals surface area contributed by atoms with Gasteiger partial charge in [-0.3, -0.25) is 0 Å². The Labute approximate surface area is 90.9 Å². The van der Waals surface area contributed by atoms with Crippen LogP contribution in [0.15, 0.2) is 30.3 Å². The number of rotatable bonds is 2. The Morgan fingerprint density at radius 2 is 2.13 bits per heavy atom. The molecule has 0 amide bonds. The van der Waals surface area contributed by atoms with E-state index < -0.39 is 0 Å². The zero-order valence-electron chi connectivity index (χ0n) is 8.95. The van der Waals surface area contributed by atoms with Crippen molar-refractivity contribution < 1.29 is 0 Å². The maximum atomic E-state index is 5.97. The Hall–Kier alpha value is -0.860. The van der Waals surface area contributed by atoms with Crippen molar-refractivity contribution in [2.75, 3.05) is 19.6 Å². The Morgan fingerprint density at radius 3 is 2.80 bits per heavy atom. The minimum absolute atomic E-state index is 0.375. The van der Waals surface area contributed by atoms with Crippen LogP contribution in [0.5, 0.6) is 0 Å². The average molecular weight is 202 g/mol. The third-order valence-electron chi connectivity index (χ3n) is 4.28. The standard InChI is InChI=1S/C13H18N2/c14-8-13-9-15-7-6-11(13)12(13)10-4-2-1-3-5-10/h1-5,11-12,15H,6-9,14H2/t11-,12-,13-/m1/s1. The minimum Gasteiger partial charge on any atom is -0.330 e. The minimum atomic E-state index is 0.375. The van der Waals surface area contributed by atoms with Crippen molar-refractivity contribution in [2.45, 2.75) is 12.3 Å². The smallest absolute Gasteiger partial charge is 0.00564 e. The zero-order chi connectivity index (χ0) is 10.3. The summed E-state index contributed by atoms with van der Waals surface area (Å²) in [5, 5.41) is 3.49. The van der Waals surface area contributed by atoms with Gasteiger partial charge < -0.3 is 11.1 Å². The summed E-state index contributed by atoms with van der Waals surface area (Å²) in [5.74, 6) is 1.53. The largest absolute Gasteiger partial charge is 0.330 e. The molecule has 1 aromatic rings. The maximum Gasteiger partial charge on any atom is 0.00564 e. The van der Waals surface area contributed by atoms with E-state index in [4.69, 9.17) is 5.73 Å². The molecule has 3 N–H and O–H groups in total. The van der Waals surface area contributed by atoms with Crippen LogP contribution in [0.4, 0.5) is 0 Å². The molecule has 1 saturated heterocycles. The molecule has 2 heteroatoms. The van der Waals surface area contributed by atoms with E-state index in [-0.39, 0.29) is 0 Å². The number of fused-ring (bicyclic) bond motifs is 1. The fourth-order valence-corrected chi connectivity index (χ4v) is 3.43. The van der Waals surface area contributed by atoms with Crippen LogP contribution in [0.25, 0.3) is 0 Å². The second-order valence-corrected chi connectivity index (χ2v) is 4.90. The molecule has 0 aromatic heterocycles. The monoisotopic (exact) mass is 202 g/mol. The van der Waals surface area contributed by atoms with Gasteiger partial charge in [0.25, 0.3) is 0 Å². The van der Waals surface area contributed by atoms with Gasteiger partial charge in [-0.15, -0.1) is 0 Å². The molecule has 1 aliphatic heterocycles. The van der Waals surface area contributed by atoms with Crippen LogP contribution in [0.2, 0.25) is 0 Å². The highest BCUT2D eigenvalue weighted by molar-refractivity contribution is 5.34. The first-order valence-corrected chi connectivity index (χ1v) is 5.84. The second kappa shape index (κ2) is 3.32. The fourth-order valence-electron chi connectivity index (χ4n) is 3.43. The quantitative estimate of drug-likeness (QED) is 0.759. The van der Waals surface area contributed by atoms with E-state index in [1.165, 1.54) is 12.0 Å². The molecule has 80 valence electrons. The molecular weight excluding hydrogens is 184 g/mol. The molecule has 1 heterocycles. The van der Waals surface area contributed by atoms with Gasteiger partial charge in [0.2, 0.25) is 0 Å². The third-order valence-corrected chi connectivity index (χ3v) is 4.28. The van der Waals surface area contributed by atoms with Crippen LogP contribution in [0, 0.1) is 11.3 Å². The van der Waals surface area contributed by atoms with Crippen molar-refractivity contribution in [1.82, 2.24) is 5.32 Å². The Morgan fingerprint density at radius 1 is 1.33 bits per heavy atom. The highest BCUT2D eigenvalue weighted by Crippen LogP contribution is 2.66. The Balaban J connectivity index is 1.90. The van der Waals surface area contributed by atoms with E-state index in [0.717, 1.165) is 25.6 Å². The van der Waals surface area contributed by atoms with Gasteiger partial charge in [0.05, 0.1) is 0 Å². The van der Waals surface area contributed by atoms with Crippen molar-refractivity contribution in [1.29, 1.82) is 0 Å². The van der Waals surface area contributed by atoms with Crippen molar-refractivity contribution in [3.8, 4) is 0 Å². The molecule has 0 spiro atoms. The van der Waals surface area contributed by atoms with Crippen molar-refractivity contribution in [2.24, 2.45) is 17.1 Å². The van der Waals surface area contributed by atoms with Gasteiger partial charge >= 0.3 is 0 Å². The first-order chi connectivity index (χ1) is 7.38. The number of nitrogens with one attached hydrogen (secondary N) is 1. The number of benzene rings is 1. The predicted octanol–water partition coefficient (Wildman–Crippen LogP) is 1.34. The van der Waals surface area contributed by atoms with Gasteiger partial charge in [-0.05, 0) is 30.4 Å². The van der Waals surface area contributed by atoms with Gasteiger partial charge in [0, 0.05) is 18.5 Å². The van der Waals surface area contributed by atoms with Gasteiger partial charge in [-0.25, -0.2) is 0 Å². The number of hydrogen-bond acceptors (Lipinski definition) is 2. The van der Waals surface area contributed by atoms with Crippen molar-refractivity contribution >= 4 is 0 Å². The summed E-state index contributed by atoms with van der Waals surface area (Å²) in [5.41, 5.74) is 7.82. The molecule has 3 atom stereocenters. The number of hydrogen-bond donors (Lipinski definition) is 2. The summed E-state index contributed by atoms with van der Waals surface area (Å²) in [6.45, 7) is 3.09.